The van der Waals surface area contributed by atoms with E-state index in [1.165, 1.54) is 0 Å². The van der Waals surface area contributed by atoms with Gasteiger partial charge < -0.3 is 29.7 Å². The van der Waals surface area contributed by atoms with Gasteiger partial charge in [-0.05, 0) is 49.6 Å². The Morgan fingerprint density at radius 1 is 1.17 bits per heavy atom. The highest BCUT2D eigenvalue weighted by atomic mass is 32.2. The molecule has 5 rings (SSSR count). The summed E-state index contributed by atoms with van der Waals surface area (Å²) in [4.78, 5) is 27.3. The molecule has 1 unspecified atom stereocenters. The van der Waals surface area contributed by atoms with Gasteiger partial charge in [0.15, 0.2) is 11.5 Å². The Morgan fingerprint density at radius 3 is 2.80 bits per heavy atom. The minimum Gasteiger partial charge on any atom is -0.492 e. The van der Waals surface area contributed by atoms with Gasteiger partial charge >= 0.3 is 6.03 Å². The van der Waals surface area contributed by atoms with Crippen LogP contribution < -0.4 is 30.2 Å². The fraction of sp³-hybridized carbons (Fsp3) is 0.440. The summed E-state index contributed by atoms with van der Waals surface area (Å²) >= 11 is 1.78. The van der Waals surface area contributed by atoms with Crippen LogP contribution in [-0.4, -0.2) is 60.0 Å². The molecule has 0 aromatic heterocycles. The second-order valence-corrected chi connectivity index (χ2v) is 10.2. The Balaban J connectivity index is 1.10. The van der Waals surface area contributed by atoms with Crippen LogP contribution >= 0.6 is 11.8 Å². The summed E-state index contributed by atoms with van der Waals surface area (Å²) in [5.74, 6) is 2.80. The quantitative estimate of drug-likeness (QED) is 0.562. The van der Waals surface area contributed by atoms with Crippen LogP contribution in [0, 0.1) is 0 Å². The average molecular weight is 499 g/mol. The van der Waals surface area contributed by atoms with E-state index in [1.54, 1.807) is 11.8 Å². The molecule has 35 heavy (non-hydrogen) atoms. The van der Waals surface area contributed by atoms with Crippen molar-refractivity contribution in [2.24, 2.45) is 0 Å². The predicted molar refractivity (Wildman–Crippen MR) is 134 cm³/mol. The summed E-state index contributed by atoms with van der Waals surface area (Å²) in [5.41, 5.74) is 1.64. The second-order valence-electron chi connectivity index (χ2n) is 8.75. The van der Waals surface area contributed by atoms with Crippen molar-refractivity contribution in [1.29, 1.82) is 0 Å². The average Bonchev–Trinajstić information content (AvgIpc) is 3.51. The van der Waals surface area contributed by atoms with Gasteiger partial charge in [0.2, 0.25) is 12.7 Å². The van der Waals surface area contributed by atoms with Crippen molar-refractivity contribution in [1.82, 2.24) is 15.5 Å². The number of amides is 3. The Kier molecular flexibility index (Phi) is 6.92. The highest BCUT2D eigenvalue weighted by molar-refractivity contribution is 8.01. The Bertz CT molecular complexity index is 1090. The molecule has 3 heterocycles. The first kappa shape index (κ1) is 23.6. The number of hydrogen-bond acceptors (Lipinski definition) is 7. The van der Waals surface area contributed by atoms with Crippen LogP contribution in [0.2, 0.25) is 0 Å². The van der Waals surface area contributed by atoms with Gasteiger partial charge in [-0.25, -0.2) is 4.79 Å². The van der Waals surface area contributed by atoms with Gasteiger partial charge in [-0.2, -0.15) is 0 Å². The maximum Gasteiger partial charge on any atom is 0.321 e. The lowest BCUT2D eigenvalue weighted by atomic mass is 10.0. The normalized spacial score (nSPS) is 20.0. The number of para-hydroxylation sites is 2. The maximum atomic E-state index is 12.8. The Morgan fingerprint density at radius 2 is 1.97 bits per heavy atom. The zero-order valence-electron chi connectivity index (χ0n) is 19.7. The summed E-state index contributed by atoms with van der Waals surface area (Å²) in [6.45, 7) is 4.36. The molecule has 2 aromatic rings. The monoisotopic (exact) mass is 498 g/mol. The third kappa shape index (κ3) is 5.28. The van der Waals surface area contributed by atoms with Gasteiger partial charge in [0.1, 0.15) is 5.75 Å². The molecule has 3 N–H and O–H groups in total. The standard InChI is InChI=1S/C25H30N4O5S/c1-2-32-20-6-4-3-5-18(20)27-24(31)29-11-9-25(10-12-29)28-19(15-35-25)23(30)26-14-17-7-8-21-22(13-17)34-16-33-21/h3-8,13,19,28H,2,9-12,14-16H2,1H3,(H,26,30)(H,27,31). The number of hydrogen-bond donors (Lipinski definition) is 3. The maximum absolute atomic E-state index is 12.8. The number of urea groups is 1. The number of ether oxygens (including phenoxy) is 3. The number of nitrogens with one attached hydrogen (secondary N) is 3. The molecule has 1 atom stereocenters. The molecule has 3 aliphatic heterocycles. The predicted octanol–water partition coefficient (Wildman–Crippen LogP) is 3.16. The molecule has 0 saturated carbocycles. The van der Waals surface area contributed by atoms with Gasteiger partial charge in [0.25, 0.3) is 0 Å². The van der Waals surface area contributed by atoms with Gasteiger partial charge in [0.05, 0.1) is 23.2 Å². The first-order valence-electron chi connectivity index (χ1n) is 11.9. The summed E-state index contributed by atoms with van der Waals surface area (Å²) in [5, 5.41) is 9.55. The zero-order valence-corrected chi connectivity index (χ0v) is 20.5. The van der Waals surface area contributed by atoms with Crippen LogP contribution in [-0.2, 0) is 11.3 Å². The fourth-order valence-corrected chi connectivity index (χ4v) is 5.97. The van der Waals surface area contributed by atoms with Crippen LogP contribution in [0.25, 0.3) is 0 Å². The summed E-state index contributed by atoms with van der Waals surface area (Å²) in [7, 11) is 0. The van der Waals surface area contributed by atoms with E-state index >= 15 is 0 Å². The van der Waals surface area contributed by atoms with E-state index in [9.17, 15) is 9.59 Å². The minimum absolute atomic E-state index is 0.0141. The molecule has 186 valence electrons. The third-order valence-electron chi connectivity index (χ3n) is 6.47. The number of carbonyl (C=O) groups excluding carboxylic acids is 2. The Labute approximate surface area is 208 Å². The van der Waals surface area contributed by atoms with E-state index in [0.29, 0.717) is 49.2 Å². The number of benzene rings is 2. The van der Waals surface area contributed by atoms with Crippen molar-refractivity contribution in [2.45, 2.75) is 37.2 Å². The summed E-state index contributed by atoms with van der Waals surface area (Å²) < 4.78 is 16.3. The molecule has 9 nitrogen and oxygen atoms in total. The molecule has 3 amide bonds. The number of anilines is 1. The van der Waals surface area contributed by atoms with E-state index in [0.717, 1.165) is 24.2 Å². The lowest BCUT2D eigenvalue weighted by Crippen LogP contribution is -2.54. The highest BCUT2D eigenvalue weighted by Gasteiger charge is 2.44. The molecule has 2 fully saturated rings. The largest absolute Gasteiger partial charge is 0.492 e. The van der Waals surface area contributed by atoms with Crippen molar-refractivity contribution in [3.8, 4) is 17.2 Å². The summed E-state index contributed by atoms with van der Waals surface area (Å²) in [6, 6.07) is 12.8. The molecule has 3 aliphatic rings. The molecule has 0 bridgehead atoms. The van der Waals surface area contributed by atoms with Crippen LogP contribution in [0.15, 0.2) is 42.5 Å². The molecule has 2 aromatic carbocycles. The molecular formula is C25H30N4O5S. The third-order valence-corrected chi connectivity index (χ3v) is 8.05. The van der Waals surface area contributed by atoms with Crippen LogP contribution in [0.1, 0.15) is 25.3 Å². The molecular weight excluding hydrogens is 468 g/mol. The molecule has 0 aliphatic carbocycles. The van der Waals surface area contributed by atoms with E-state index in [2.05, 4.69) is 16.0 Å². The molecule has 10 heteroatoms. The first-order valence-corrected chi connectivity index (χ1v) is 12.9. The molecule has 2 saturated heterocycles. The highest BCUT2D eigenvalue weighted by Crippen LogP contribution is 2.39. The van der Waals surface area contributed by atoms with E-state index in [4.69, 9.17) is 14.2 Å². The van der Waals surface area contributed by atoms with Crippen molar-refractivity contribution in [3.05, 3.63) is 48.0 Å². The van der Waals surface area contributed by atoms with Gasteiger partial charge in [0, 0.05) is 25.4 Å². The SMILES string of the molecule is CCOc1ccccc1NC(=O)N1CCC2(CC1)NC(C(=O)NCc1ccc3c(c1)OCO3)CS2. The van der Waals surface area contributed by atoms with Crippen molar-refractivity contribution < 1.29 is 23.8 Å². The number of nitrogens with zero attached hydrogens (tertiary/aromatic N) is 1. The van der Waals surface area contributed by atoms with Gasteiger partial charge in [-0.3, -0.25) is 10.1 Å². The van der Waals surface area contributed by atoms with Crippen LogP contribution in [0.4, 0.5) is 10.5 Å². The minimum atomic E-state index is -0.257. The first-order chi connectivity index (χ1) is 17.0. The molecule has 1 spiro atoms. The van der Waals surface area contributed by atoms with Crippen LogP contribution in [0.3, 0.4) is 0 Å². The number of rotatable bonds is 6. The van der Waals surface area contributed by atoms with Crippen molar-refractivity contribution in [3.63, 3.8) is 0 Å². The lowest BCUT2D eigenvalue weighted by molar-refractivity contribution is -0.122. The van der Waals surface area contributed by atoms with E-state index in [-0.39, 0.29) is 29.6 Å². The Hall–Kier alpha value is -3.11. The van der Waals surface area contributed by atoms with Gasteiger partial charge in [-0.1, -0.05) is 18.2 Å². The lowest BCUT2D eigenvalue weighted by Gasteiger charge is -2.39. The van der Waals surface area contributed by atoms with E-state index < -0.39 is 0 Å². The number of thioether (sulfide) groups is 1. The number of likely N-dealkylation sites (tertiary alicyclic amines) is 1. The van der Waals surface area contributed by atoms with Gasteiger partial charge in [-0.15, -0.1) is 11.8 Å². The van der Waals surface area contributed by atoms with E-state index in [1.807, 2.05) is 54.3 Å². The van der Waals surface area contributed by atoms with Crippen LogP contribution in [0.5, 0.6) is 17.2 Å². The number of piperidine rings is 1. The van der Waals surface area contributed by atoms with Crippen molar-refractivity contribution >= 4 is 29.4 Å². The molecule has 0 radical (unpaired) electrons. The second kappa shape index (κ2) is 10.2. The number of fused-ring (bicyclic) bond motifs is 1. The fourth-order valence-electron chi connectivity index (χ4n) is 4.55. The smallest absolute Gasteiger partial charge is 0.321 e. The number of carbonyl (C=O) groups is 2. The summed E-state index contributed by atoms with van der Waals surface area (Å²) in [6.07, 6.45) is 1.56. The zero-order chi connectivity index (χ0) is 24.3. The topological polar surface area (TPSA) is 101 Å². The van der Waals surface area contributed by atoms with Crippen molar-refractivity contribution in [2.75, 3.05) is 37.6 Å².